The lowest BCUT2D eigenvalue weighted by Gasteiger charge is -2.48. The molecule has 2 aromatic heterocycles. The Kier molecular flexibility index (Phi) is 6.19. The van der Waals surface area contributed by atoms with Gasteiger partial charge in [-0.15, -0.1) is 16.4 Å². The Labute approximate surface area is 189 Å². The molecular formula is C20H27F3N4O3S2. The Morgan fingerprint density at radius 3 is 2.75 bits per heavy atom. The van der Waals surface area contributed by atoms with Crippen molar-refractivity contribution < 1.29 is 26.3 Å². The molecule has 0 saturated carbocycles. The molecule has 0 N–H and O–H groups in total. The number of fused-ring (bicyclic) bond motifs is 2. The van der Waals surface area contributed by atoms with Gasteiger partial charge >= 0.3 is 6.18 Å². The molecule has 1 spiro atoms. The Morgan fingerprint density at radius 2 is 2.09 bits per heavy atom. The number of alkyl halides is 3. The Bertz CT molecular complexity index is 1080. The van der Waals surface area contributed by atoms with E-state index in [0.717, 1.165) is 21.9 Å². The fourth-order valence-electron chi connectivity index (χ4n) is 4.56. The first-order valence-electron chi connectivity index (χ1n) is 10.5. The van der Waals surface area contributed by atoms with E-state index >= 15 is 0 Å². The normalized spacial score (nSPS) is 27.1. The standard InChI is InChI=1S/C20H27F3N4O3S2/c1-13-12-30-19(16-8-17(20(21,22)23)31-18(13)16)4-5-26(14(2)9-19)10-15-11-27(25-24-15)6-7-32(3,28)29/h8,11,13-14H,4-7,9-10,12H2,1-3H3/t13?,14-,19?/m0/s1. The molecule has 2 aliphatic rings. The summed E-state index contributed by atoms with van der Waals surface area (Å²) in [6.07, 6.45) is -0.219. The van der Waals surface area contributed by atoms with E-state index in [0.29, 0.717) is 38.1 Å². The van der Waals surface area contributed by atoms with Crippen LogP contribution in [-0.2, 0) is 39.4 Å². The highest BCUT2D eigenvalue weighted by Crippen LogP contribution is 2.51. The maximum absolute atomic E-state index is 13.4. The Morgan fingerprint density at radius 1 is 1.34 bits per heavy atom. The zero-order valence-corrected chi connectivity index (χ0v) is 19.9. The van der Waals surface area contributed by atoms with Crippen molar-refractivity contribution in [1.29, 1.82) is 0 Å². The molecule has 3 atom stereocenters. The van der Waals surface area contributed by atoms with E-state index in [-0.39, 0.29) is 24.3 Å². The van der Waals surface area contributed by atoms with Crippen LogP contribution >= 0.6 is 11.3 Å². The van der Waals surface area contributed by atoms with E-state index in [2.05, 4.69) is 15.2 Å². The van der Waals surface area contributed by atoms with Crippen LogP contribution in [0.5, 0.6) is 0 Å². The number of sulfone groups is 1. The second-order valence-electron chi connectivity index (χ2n) is 8.97. The topological polar surface area (TPSA) is 77.3 Å². The molecule has 1 fully saturated rings. The van der Waals surface area contributed by atoms with Crippen LogP contribution in [0.4, 0.5) is 13.2 Å². The van der Waals surface area contributed by atoms with Crippen LogP contribution in [0.25, 0.3) is 0 Å². The lowest BCUT2D eigenvalue weighted by molar-refractivity contribution is -0.135. The summed E-state index contributed by atoms with van der Waals surface area (Å²) in [6.45, 7) is 5.82. The minimum atomic E-state index is -4.35. The number of halogens is 3. The zero-order valence-electron chi connectivity index (χ0n) is 18.2. The summed E-state index contributed by atoms with van der Waals surface area (Å²) in [5, 5.41) is 8.15. The number of aryl methyl sites for hydroxylation is 1. The number of likely N-dealkylation sites (tertiary alicyclic amines) is 1. The molecule has 4 rings (SSSR count). The molecule has 178 valence electrons. The van der Waals surface area contributed by atoms with Crippen LogP contribution in [-0.4, -0.2) is 59.5 Å². The van der Waals surface area contributed by atoms with Gasteiger partial charge in [0.05, 0.1) is 30.2 Å². The van der Waals surface area contributed by atoms with Gasteiger partial charge in [-0.1, -0.05) is 12.1 Å². The van der Waals surface area contributed by atoms with E-state index in [1.807, 2.05) is 13.8 Å². The van der Waals surface area contributed by atoms with Gasteiger partial charge in [0.15, 0.2) is 0 Å². The minimum Gasteiger partial charge on any atom is -0.369 e. The van der Waals surface area contributed by atoms with Crippen LogP contribution in [0, 0.1) is 0 Å². The average molecular weight is 493 g/mol. The van der Waals surface area contributed by atoms with Crippen molar-refractivity contribution in [3.05, 3.63) is 33.3 Å². The van der Waals surface area contributed by atoms with Crippen molar-refractivity contribution in [3.63, 3.8) is 0 Å². The minimum absolute atomic E-state index is 0.00289. The number of rotatable bonds is 5. The first kappa shape index (κ1) is 23.7. The van der Waals surface area contributed by atoms with Crippen LogP contribution in [0.1, 0.15) is 53.6 Å². The first-order chi connectivity index (χ1) is 14.9. The Balaban J connectivity index is 1.47. The van der Waals surface area contributed by atoms with Gasteiger partial charge in [-0.2, -0.15) is 13.2 Å². The summed E-state index contributed by atoms with van der Waals surface area (Å²) in [6, 6.07) is 1.37. The molecule has 4 heterocycles. The summed E-state index contributed by atoms with van der Waals surface area (Å²) in [4.78, 5) is 2.45. The molecule has 2 aliphatic heterocycles. The summed E-state index contributed by atoms with van der Waals surface area (Å²) in [7, 11) is -3.08. The molecule has 0 aliphatic carbocycles. The maximum atomic E-state index is 13.4. The molecular weight excluding hydrogens is 465 g/mol. The van der Waals surface area contributed by atoms with Crippen LogP contribution in [0.2, 0.25) is 0 Å². The predicted octanol–water partition coefficient (Wildman–Crippen LogP) is 3.42. The third-order valence-corrected chi connectivity index (χ3v) is 8.62. The fourth-order valence-corrected chi connectivity index (χ4v) is 6.23. The number of hydrogen-bond donors (Lipinski definition) is 0. The number of thiophene rings is 1. The van der Waals surface area contributed by atoms with Crippen molar-refractivity contribution >= 4 is 21.2 Å². The van der Waals surface area contributed by atoms with Gasteiger partial charge in [-0.05, 0) is 31.4 Å². The van der Waals surface area contributed by atoms with Crippen molar-refractivity contribution in [2.24, 2.45) is 0 Å². The second-order valence-corrected chi connectivity index (χ2v) is 12.3. The monoisotopic (exact) mass is 492 g/mol. The molecule has 0 aromatic carbocycles. The van der Waals surface area contributed by atoms with Gasteiger partial charge < -0.3 is 4.74 Å². The average Bonchev–Trinajstić information content (AvgIpc) is 3.33. The molecule has 7 nitrogen and oxygen atoms in total. The molecule has 1 saturated heterocycles. The van der Waals surface area contributed by atoms with Crippen LogP contribution in [0.15, 0.2) is 12.3 Å². The van der Waals surface area contributed by atoms with Crippen molar-refractivity contribution in [2.45, 2.75) is 63.5 Å². The SMILES string of the molecule is CC1COC2(CCN(Cc3cn(CCS(C)(=O)=O)nn3)[C@@H](C)C2)c2cc(C(F)(F)F)sc21. The summed E-state index contributed by atoms with van der Waals surface area (Å²) in [5.74, 6) is -0.0519. The number of ether oxygens (including phenoxy) is 1. The van der Waals surface area contributed by atoms with Gasteiger partial charge in [0.1, 0.15) is 14.7 Å². The van der Waals surface area contributed by atoms with E-state index in [1.54, 1.807) is 6.20 Å². The molecule has 12 heteroatoms. The first-order valence-corrected chi connectivity index (χ1v) is 13.4. The van der Waals surface area contributed by atoms with Crippen molar-refractivity contribution in [3.8, 4) is 0 Å². The summed E-state index contributed by atoms with van der Waals surface area (Å²) < 4.78 is 70.6. The predicted molar refractivity (Wildman–Crippen MR) is 114 cm³/mol. The Hall–Kier alpha value is -1.50. The van der Waals surface area contributed by atoms with Gasteiger partial charge in [-0.25, -0.2) is 8.42 Å². The third kappa shape index (κ3) is 4.87. The van der Waals surface area contributed by atoms with E-state index < -0.39 is 26.5 Å². The van der Waals surface area contributed by atoms with E-state index in [9.17, 15) is 21.6 Å². The fraction of sp³-hybridized carbons (Fsp3) is 0.700. The highest BCUT2D eigenvalue weighted by molar-refractivity contribution is 7.90. The molecule has 0 amide bonds. The van der Waals surface area contributed by atoms with Gasteiger partial charge in [0.25, 0.3) is 0 Å². The third-order valence-electron chi connectivity index (χ3n) is 6.28. The molecule has 0 bridgehead atoms. The highest BCUT2D eigenvalue weighted by Gasteiger charge is 2.48. The van der Waals surface area contributed by atoms with E-state index in [1.165, 1.54) is 17.0 Å². The van der Waals surface area contributed by atoms with Crippen molar-refractivity contribution in [1.82, 2.24) is 19.9 Å². The summed E-state index contributed by atoms with van der Waals surface area (Å²) in [5.41, 5.74) is 0.743. The smallest absolute Gasteiger partial charge is 0.369 e. The summed E-state index contributed by atoms with van der Waals surface area (Å²) >= 11 is 0.849. The highest BCUT2D eigenvalue weighted by atomic mass is 32.2. The quantitative estimate of drug-likeness (QED) is 0.637. The van der Waals surface area contributed by atoms with Gasteiger partial charge in [0.2, 0.25) is 0 Å². The number of hydrogen-bond acceptors (Lipinski definition) is 7. The molecule has 2 unspecified atom stereocenters. The maximum Gasteiger partial charge on any atom is 0.425 e. The molecule has 0 radical (unpaired) electrons. The molecule has 32 heavy (non-hydrogen) atoms. The van der Waals surface area contributed by atoms with Crippen LogP contribution < -0.4 is 0 Å². The number of nitrogens with zero attached hydrogens (tertiary/aromatic N) is 4. The lowest BCUT2D eigenvalue weighted by atomic mass is 9.78. The van der Waals surface area contributed by atoms with Crippen LogP contribution in [0.3, 0.4) is 0 Å². The van der Waals surface area contributed by atoms with Crippen molar-refractivity contribution in [2.75, 3.05) is 25.2 Å². The molecule has 2 aromatic rings. The second kappa shape index (κ2) is 8.37. The van der Waals surface area contributed by atoms with Gasteiger partial charge in [-0.3, -0.25) is 9.58 Å². The number of aromatic nitrogens is 3. The largest absolute Gasteiger partial charge is 0.425 e. The lowest BCUT2D eigenvalue weighted by Crippen LogP contribution is -2.50. The van der Waals surface area contributed by atoms with Gasteiger partial charge in [0, 0.05) is 42.4 Å². The van der Waals surface area contributed by atoms with E-state index in [4.69, 9.17) is 4.74 Å². The number of piperidine rings is 1. The zero-order chi connectivity index (χ0) is 23.3.